The van der Waals surface area contributed by atoms with Crippen LogP contribution < -0.4 is 15.2 Å². The number of pyridine rings is 1. The third-order valence-corrected chi connectivity index (χ3v) is 4.97. The van der Waals surface area contributed by atoms with E-state index in [0.717, 1.165) is 11.1 Å². The minimum Gasteiger partial charge on any atom is -0.485 e. The molecule has 8 heteroatoms. The number of hydrogen-bond donors (Lipinski definition) is 2. The monoisotopic (exact) mass is 385 g/mol. The van der Waals surface area contributed by atoms with Gasteiger partial charge in [0.1, 0.15) is 12.8 Å². The number of aliphatic hydroxyl groups excluding tert-OH is 1. The van der Waals surface area contributed by atoms with Gasteiger partial charge in [-0.05, 0) is 23.8 Å². The summed E-state index contributed by atoms with van der Waals surface area (Å²) in [5.41, 5.74) is 7.46. The van der Waals surface area contributed by atoms with E-state index in [2.05, 4.69) is 4.98 Å². The van der Waals surface area contributed by atoms with Crippen LogP contribution in [0.5, 0.6) is 11.5 Å². The van der Waals surface area contributed by atoms with E-state index in [0.29, 0.717) is 49.8 Å². The highest BCUT2D eigenvalue weighted by atomic mass is 16.6. The summed E-state index contributed by atoms with van der Waals surface area (Å²) in [5, 5.41) is 10.5. The Morgan fingerprint density at radius 2 is 2.14 bits per heavy atom. The quantitative estimate of drug-likeness (QED) is 0.787. The van der Waals surface area contributed by atoms with Crippen LogP contribution in [0.15, 0.2) is 36.7 Å². The molecule has 8 nitrogen and oxygen atoms in total. The molecule has 1 aromatic heterocycles. The summed E-state index contributed by atoms with van der Waals surface area (Å²) >= 11 is 0. The molecule has 2 atom stereocenters. The molecule has 2 aliphatic rings. The minimum absolute atomic E-state index is 0.244. The van der Waals surface area contributed by atoms with Crippen LogP contribution in [0, 0.1) is 0 Å². The molecule has 0 spiro atoms. The molecule has 0 bridgehead atoms. The molecule has 1 amide bonds. The van der Waals surface area contributed by atoms with E-state index < -0.39 is 12.1 Å². The van der Waals surface area contributed by atoms with Crippen molar-refractivity contribution in [2.24, 2.45) is 5.73 Å². The van der Waals surface area contributed by atoms with Crippen LogP contribution >= 0.6 is 0 Å². The highest BCUT2D eigenvalue weighted by Gasteiger charge is 2.27. The molecular formula is C20H23N3O5. The predicted molar refractivity (Wildman–Crippen MR) is 100 cm³/mol. The van der Waals surface area contributed by atoms with E-state index in [1.165, 1.54) is 0 Å². The Hall–Kier alpha value is -2.68. The third-order valence-electron chi connectivity index (χ3n) is 4.97. The molecule has 2 aromatic rings. The van der Waals surface area contributed by atoms with Crippen molar-refractivity contribution in [2.75, 3.05) is 32.9 Å². The average molecular weight is 385 g/mol. The Morgan fingerprint density at radius 1 is 1.32 bits per heavy atom. The van der Waals surface area contributed by atoms with E-state index >= 15 is 0 Å². The fourth-order valence-electron chi connectivity index (χ4n) is 3.47. The zero-order chi connectivity index (χ0) is 19.5. The molecule has 1 aromatic carbocycles. The second-order valence-electron chi connectivity index (χ2n) is 6.87. The number of ether oxygens (including phenoxy) is 3. The van der Waals surface area contributed by atoms with Crippen molar-refractivity contribution < 1.29 is 24.1 Å². The number of rotatable bonds is 5. The molecule has 0 saturated carbocycles. The standard InChI is InChI=1S/C20H23N3O5/c21-20(25)15-2-1-3-16-19(15)27-12-17(28-16)14-8-13(10-22-11-14)9-18(24)23-4-6-26-7-5-23/h1-3,8,10-11,17-18,24H,4-7,9,12H2,(H2,21,25). The topological polar surface area (TPSA) is 107 Å². The van der Waals surface area contributed by atoms with Gasteiger partial charge in [0, 0.05) is 37.5 Å². The zero-order valence-electron chi connectivity index (χ0n) is 15.4. The number of primary amides is 1. The van der Waals surface area contributed by atoms with Crippen LogP contribution in [0.4, 0.5) is 0 Å². The second-order valence-corrected chi connectivity index (χ2v) is 6.87. The fraction of sp³-hybridized carbons (Fsp3) is 0.400. The largest absolute Gasteiger partial charge is 0.485 e. The molecule has 0 radical (unpaired) electrons. The van der Waals surface area contributed by atoms with Crippen molar-refractivity contribution >= 4 is 5.91 Å². The normalized spacial score (nSPS) is 20.5. The maximum Gasteiger partial charge on any atom is 0.252 e. The summed E-state index contributed by atoms with van der Waals surface area (Å²) in [6.45, 7) is 2.94. The van der Waals surface area contributed by atoms with E-state index in [1.54, 1.807) is 30.6 Å². The van der Waals surface area contributed by atoms with Gasteiger partial charge in [0.2, 0.25) is 0 Å². The summed E-state index contributed by atoms with van der Waals surface area (Å²) in [6.07, 6.45) is 3.00. The number of amides is 1. The molecule has 4 rings (SSSR count). The molecule has 2 aliphatic heterocycles. The van der Waals surface area contributed by atoms with Gasteiger partial charge in [0.15, 0.2) is 17.6 Å². The molecule has 3 N–H and O–H groups in total. The Bertz CT molecular complexity index is 853. The van der Waals surface area contributed by atoms with Crippen molar-refractivity contribution in [1.29, 1.82) is 0 Å². The maximum atomic E-state index is 11.5. The lowest BCUT2D eigenvalue weighted by Crippen LogP contribution is -2.44. The number of hydrogen-bond acceptors (Lipinski definition) is 7. The molecule has 1 saturated heterocycles. The van der Waals surface area contributed by atoms with Gasteiger partial charge in [0.05, 0.1) is 18.8 Å². The molecular weight excluding hydrogens is 362 g/mol. The summed E-state index contributed by atoms with van der Waals surface area (Å²) in [4.78, 5) is 17.8. The Labute approximate surface area is 162 Å². The van der Waals surface area contributed by atoms with Crippen molar-refractivity contribution in [2.45, 2.75) is 18.8 Å². The van der Waals surface area contributed by atoms with Gasteiger partial charge in [0.25, 0.3) is 5.91 Å². The van der Waals surface area contributed by atoms with E-state index in [-0.39, 0.29) is 12.7 Å². The molecule has 28 heavy (non-hydrogen) atoms. The molecule has 148 valence electrons. The van der Waals surface area contributed by atoms with Gasteiger partial charge >= 0.3 is 0 Å². The number of para-hydroxylation sites is 1. The Balaban J connectivity index is 1.47. The number of morpholine rings is 1. The number of carbonyl (C=O) groups excluding carboxylic acids is 1. The SMILES string of the molecule is NC(=O)c1cccc2c1OCC(c1cncc(CC(O)N3CCOCC3)c1)O2. The first-order valence-electron chi connectivity index (χ1n) is 9.28. The van der Waals surface area contributed by atoms with Gasteiger partial charge in [-0.2, -0.15) is 0 Å². The van der Waals surface area contributed by atoms with Crippen LogP contribution in [-0.4, -0.2) is 60.0 Å². The van der Waals surface area contributed by atoms with Crippen LogP contribution in [0.3, 0.4) is 0 Å². The number of benzene rings is 1. The highest BCUT2D eigenvalue weighted by molar-refractivity contribution is 5.96. The van der Waals surface area contributed by atoms with E-state index in [4.69, 9.17) is 19.9 Å². The number of nitrogens with two attached hydrogens (primary N) is 1. The first-order valence-corrected chi connectivity index (χ1v) is 9.28. The maximum absolute atomic E-state index is 11.5. The number of fused-ring (bicyclic) bond motifs is 1. The van der Waals surface area contributed by atoms with Crippen LogP contribution in [0.1, 0.15) is 27.6 Å². The summed E-state index contributed by atoms with van der Waals surface area (Å²) in [7, 11) is 0. The highest BCUT2D eigenvalue weighted by Crippen LogP contribution is 2.38. The van der Waals surface area contributed by atoms with Gasteiger partial charge in [-0.15, -0.1) is 0 Å². The van der Waals surface area contributed by atoms with Crippen LogP contribution in [0.2, 0.25) is 0 Å². The summed E-state index contributed by atoms with van der Waals surface area (Å²) < 4.78 is 17.1. The molecule has 1 fully saturated rings. The summed E-state index contributed by atoms with van der Waals surface area (Å²) in [6, 6.07) is 7.03. The van der Waals surface area contributed by atoms with Crippen molar-refractivity contribution in [3.63, 3.8) is 0 Å². The Kier molecular flexibility index (Phi) is 5.43. The Morgan fingerprint density at radius 3 is 2.93 bits per heavy atom. The number of aliphatic hydroxyl groups is 1. The molecule has 2 unspecified atom stereocenters. The molecule has 3 heterocycles. The number of nitrogens with zero attached hydrogens (tertiary/aromatic N) is 2. The van der Waals surface area contributed by atoms with Crippen molar-refractivity contribution in [3.8, 4) is 11.5 Å². The van der Waals surface area contributed by atoms with E-state index in [9.17, 15) is 9.90 Å². The fourth-order valence-corrected chi connectivity index (χ4v) is 3.47. The lowest BCUT2D eigenvalue weighted by atomic mass is 10.1. The average Bonchev–Trinajstić information content (AvgIpc) is 2.73. The first kappa shape index (κ1) is 18.7. The minimum atomic E-state index is -0.580. The van der Waals surface area contributed by atoms with Gasteiger partial charge in [-0.1, -0.05) is 6.07 Å². The van der Waals surface area contributed by atoms with Gasteiger partial charge in [-0.25, -0.2) is 0 Å². The third kappa shape index (κ3) is 3.94. The first-order chi connectivity index (χ1) is 13.6. The number of aromatic nitrogens is 1. The van der Waals surface area contributed by atoms with Crippen molar-refractivity contribution in [3.05, 3.63) is 53.3 Å². The van der Waals surface area contributed by atoms with Crippen LogP contribution in [-0.2, 0) is 11.2 Å². The van der Waals surface area contributed by atoms with Crippen molar-refractivity contribution in [1.82, 2.24) is 9.88 Å². The zero-order valence-corrected chi connectivity index (χ0v) is 15.4. The van der Waals surface area contributed by atoms with Gasteiger partial charge < -0.3 is 25.1 Å². The predicted octanol–water partition coefficient (Wildman–Crippen LogP) is 0.886. The number of carbonyl (C=O) groups is 1. The summed E-state index contributed by atoms with van der Waals surface area (Å²) in [5.74, 6) is 0.295. The lowest BCUT2D eigenvalue weighted by molar-refractivity contribution is -0.0576. The molecule has 0 aliphatic carbocycles. The lowest BCUT2D eigenvalue weighted by Gasteiger charge is -2.31. The van der Waals surface area contributed by atoms with E-state index in [1.807, 2.05) is 11.0 Å². The van der Waals surface area contributed by atoms with Crippen LogP contribution in [0.25, 0.3) is 0 Å². The van der Waals surface area contributed by atoms with Gasteiger partial charge in [-0.3, -0.25) is 14.7 Å². The smallest absolute Gasteiger partial charge is 0.252 e. The second kappa shape index (κ2) is 8.14.